The molecule has 4 heteroatoms. The standard InChI is InChI=1S/C13H14BrNO2/c1-3-9-4-10(6-13(16)17-2)12(7-14)11(5-9)8-15/h4-5H,3,6-7H2,1-2H3. The molecular weight excluding hydrogens is 282 g/mol. The number of benzene rings is 1. The molecule has 0 atom stereocenters. The first-order chi connectivity index (χ1) is 8.15. The Labute approximate surface area is 110 Å². The second-order valence-electron chi connectivity index (χ2n) is 3.63. The van der Waals surface area contributed by atoms with Crippen LogP contribution in [0.15, 0.2) is 12.1 Å². The van der Waals surface area contributed by atoms with Crippen molar-refractivity contribution in [2.75, 3.05) is 7.11 Å². The summed E-state index contributed by atoms with van der Waals surface area (Å²) in [6, 6.07) is 6.01. The minimum absolute atomic E-state index is 0.208. The topological polar surface area (TPSA) is 50.1 Å². The third-order valence-electron chi connectivity index (χ3n) is 2.63. The van der Waals surface area contributed by atoms with Crippen LogP contribution in [0.5, 0.6) is 0 Å². The summed E-state index contributed by atoms with van der Waals surface area (Å²) >= 11 is 3.36. The predicted molar refractivity (Wildman–Crippen MR) is 68.9 cm³/mol. The molecule has 0 bridgehead atoms. The van der Waals surface area contributed by atoms with Crippen molar-refractivity contribution in [1.82, 2.24) is 0 Å². The number of hydrogen-bond acceptors (Lipinski definition) is 3. The van der Waals surface area contributed by atoms with E-state index in [0.29, 0.717) is 10.9 Å². The van der Waals surface area contributed by atoms with Crippen molar-refractivity contribution < 1.29 is 9.53 Å². The Morgan fingerprint density at radius 2 is 2.24 bits per heavy atom. The van der Waals surface area contributed by atoms with Crippen LogP contribution >= 0.6 is 15.9 Å². The molecule has 0 saturated carbocycles. The van der Waals surface area contributed by atoms with Crippen molar-refractivity contribution in [2.24, 2.45) is 0 Å². The smallest absolute Gasteiger partial charge is 0.309 e. The van der Waals surface area contributed by atoms with E-state index in [1.165, 1.54) is 7.11 Å². The van der Waals surface area contributed by atoms with Gasteiger partial charge >= 0.3 is 5.97 Å². The number of carbonyl (C=O) groups excluding carboxylic acids is 1. The number of nitrogens with zero attached hydrogens (tertiary/aromatic N) is 1. The van der Waals surface area contributed by atoms with Gasteiger partial charge < -0.3 is 4.74 Å². The maximum atomic E-state index is 11.3. The molecule has 0 N–H and O–H groups in total. The van der Waals surface area contributed by atoms with Crippen molar-refractivity contribution in [3.8, 4) is 6.07 Å². The minimum Gasteiger partial charge on any atom is -0.469 e. The van der Waals surface area contributed by atoms with Crippen molar-refractivity contribution in [3.05, 3.63) is 34.4 Å². The molecule has 0 aromatic heterocycles. The molecule has 90 valence electrons. The Bertz CT molecular complexity index is 463. The van der Waals surface area contributed by atoms with Crippen molar-refractivity contribution in [1.29, 1.82) is 5.26 Å². The van der Waals surface area contributed by atoms with Crippen LogP contribution in [-0.4, -0.2) is 13.1 Å². The number of ether oxygens (including phenoxy) is 1. The van der Waals surface area contributed by atoms with Crippen LogP contribution in [0.2, 0.25) is 0 Å². The summed E-state index contributed by atoms with van der Waals surface area (Å²) in [5.74, 6) is -0.288. The summed E-state index contributed by atoms with van der Waals surface area (Å²) in [5, 5.41) is 9.66. The average Bonchev–Trinajstić information content (AvgIpc) is 2.37. The molecule has 0 radical (unpaired) electrons. The highest BCUT2D eigenvalue weighted by atomic mass is 79.9. The Kier molecular flexibility index (Phi) is 5.17. The minimum atomic E-state index is -0.288. The first-order valence-electron chi connectivity index (χ1n) is 5.33. The number of rotatable bonds is 4. The third-order valence-corrected chi connectivity index (χ3v) is 3.19. The summed E-state index contributed by atoms with van der Waals surface area (Å²) in [5.41, 5.74) is 3.42. The molecule has 1 aromatic carbocycles. The molecule has 0 amide bonds. The fraction of sp³-hybridized carbons (Fsp3) is 0.385. The van der Waals surface area contributed by atoms with E-state index in [-0.39, 0.29) is 12.4 Å². The Morgan fingerprint density at radius 3 is 2.71 bits per heavy atom. The predicted octanol–water partition coefficient (Wildman–Crippen LogP) is 2.73. The Hall–Kier alpha value is -1.34. The van der Waals surface area contributed by atoms with Crippen molar-refractivity contribution in [3.63, 3.8) is 0 Å². The molecule has 17 heavy (non-hydrogen) atoms. The van der Waals surface area contributed by atoms with Gasteiger partial charge in [-0.3, -0.25) is 4.79 Å². The molecule has 0 unspecified atom stereocenters. The molecule has 0 aliphatic carbocycles. The second-order valence-corrected chi connectivity index (χ2v) is 4.19. The molecule has 0 heterocycles. The first kappa shape index (κ1) is 13.7. The fourth-order valence-electron chi connectivity index (χ4n) is 1.65. The SMILES string of the molecule is CCc1cc(C#N)c(CBr)c(CC(=O)OC)c1. The zero-order valence-corrected chi connectivity index (χ0v) is 11.5. The van der Waals surface area contributed by atoms with Gasteiger partial charge in [-0.25, -0.2) is 0 Å². The molecule has 1 rings (SSSR count). The Morgan fingerprint density at radius 1 is 1.53 bits per heavy atom. The maximum absolute atomic E-state index is 11.3. The largest absolute Gasteiger partial charge is 0.469 e. The lowest BCUT2D eigenvalue weighted by Crippen LogP contribution is -2.08. The van der Waals surface area contributed by atoms with Gasteiger partial charge in [0.1, 0.15) is 0 Å². The van der Waals surface area contributed by atoms with Gasteiger partial charge in [0.2, 0.25) is 0 Å². The van der Waals surface area contributed by atoms with Crippen molar-refractivity contribution >= 4 is 21.9 Å². The molecule has 1 aromatic rings. The van der Waals surface area contributed by atoms with Crippen molar-refractivity contribution in [2.45, 2.75) is 25.1 Å². The van der Waals surface area contributed by atoms with Crippen LogP contribution in [0, 0.1) is 11.3 Å². The number of halogens is 1. The van der Waals surface area contributed by atoms with Gasteiger partial charge in [-0.1, -0.05) is 28.9 Å². The maximum Gasteiger partial charge on any atom is 0.309 e. The van der Waals surface area contributed by atoms with E-state index in [0.717, 1.165) is 23.1 Å². The number of carbonyl (C=O) groups is 1. The number of alkyl halides is 1. The van der Waals surface area contributed by atoms with Crippen LogP contribution < -0.4 is 0 Å². The van der Waals surface area contributed by atoms with Crippen LogP contribution in [0.25, 0.3) is 0 Å². The second kappa shape index (κ2) is 6.41. The lowest BCUT2D eigenvalue weighted by molar-refractivity contribution is -0.139. The number of hydrogen-bond donors (Lipinski definition) is 0. The number of esters is 1. The summed E-state index contributed by atoms with van der Waals surface area (Å²) in [6.07, 6.45) is 1.05. The quantitative estimate of drug-likeness (QED) is 0.634. The van der Waals surface area contributed by atoms with E-state index in [9.17, 15) is 4.79 Å². The monoisotopic (exact) mass is 295 g/mol. The summed E-state index contributed by atoms with van der Waals surface area (Å²) in [7, 11) is 1.37. The van der Waals surface area contributed by atoms with Gasteiger partial charge in [-0.05, 0) is 29.2 Å². The summed E-state index contributed by atoms with van der Waals surface area (Å²) in [4.78, 5) is 11.3. The number of methoxy groups -OCH3 is 1. The highest BCUT2D eigenvalue weighted by Gasteiger charge is 2.12. The number of aryl methyl sites for hydroxylation is 1. The number of nitriles is 1. The first-order valence-corrected chi connectivity index (χ1v) is 6.45. The van der Waals surface area contributed by atoms with E-state index >= 15 is 0 Å². The van der Waals surface area contributed by atoms with Gasteiger partial charge in [-0.2, -0.15) is 5.26 Å². The molecule has 0 spiro atoms. The van der Waals surface area contributed by atoms with E-state index in [4.69, 9.17) is 5.26 Å². The average molecular weight is 296 g/mol. The van der Waals surface area contributed by atoms with E-state index in [2.05, 4.69) is 26.7 Å². The molecule has 0 aliphatic heterocycles. The van der Waals surface area contributed by atoms with Crippen LogP contribution in [-0.2, 0) is 27.7 Å². The molecule has 0 aliphatic rings. The molecule has 0 fully saturated rings. The molecular formula is C13H14BrNO2. The van der Waals surface area contributed by atoms with E-state index < -0.39 is 0 Å². The van der Waals surface area contributed by atoms with Gasteiger partial charge in [0.05, 0.1) is 25.2 Å². The normalized spacial score (nSPS) is 9.76. The lowest BCUT2D eigenvalue weighted by atomic mass is 9.96. The summed E-state index contributed by atoms with van der Waals surface area (Å²) < 4.78 is 4.66. The van der Waals surface area contributed by atoms with Crippen LogP contribution in [0.1, 0.15) is 29.2 Å². The van der Waals surface area contributed by atoms with Crippen LogP contribution in [0.3, 0.4) is 0 Å². The van der Waals surface area contributed by atoms with Gasteiger partial charge in [-0.15, -0.1) is 0 Å². The highest BCUT2D eigenvalue weighted by molar-refractivity contribution is 9.08. The fourth-order valence-corrected chi connectivity index (χ4v) is 2.31. The zero-order valence-electron chi connectivity index (χ0n) is 9.92. The van der Waals surface area contributed by atoms with Gasteiger partial charge in [0, 0.05) is 5.33 Å². The third kappa shape index (κ3) is 3.31. The Balaban J connectivity index is 3.25. The molecule has 3 nitrogen and oxygen atoms in total. The lowest BCUT2D eigenvalue weighted by Gasteiger charge is -2.10. The van der Waals surface area contributed by atoms with Gasteiger partial charge in [0.15, 0.2) is 0 Å². The van der Waals surface area contributed by atoms with E-state index in [1.54, 1.807) is 0 Å². The highest BCUT2D eigenvalue weighted by Crippen LogP contribution is 2.21. The van der Waals surface area contributed by atoms with Gasteiger partial charge in [0.25, 0.3) is 0 Å². The zero-order chi connectivity index (χ0) is 12.8. The van der Waals surface area contributed by atoms with E-state index in [1.807, 2.05) is 19.1 Å². The summed E-state index contributed by atoms with van der Waals surface area (Å²) in [6.45, 7) is 2.02. The molecule has 0 saturated heterocycles. The van der Waals surface area contributed by atoms with Crippen LogP contribution in [0.4, 0.5) is 0 Å².